The van der Waals surface area contributed by atoms with Gasteiger partial charge >= 0.3 is 11.7 Å². The fourth-order valence-electron chi connectivity index (χ4n) is 1.80. The Morgan fingerprint density at radius 3 is 2.62 bits per heavy atom. The summed E-state index contributed by atoms with van der Waals surface area (Å²) in [6, 6.07) is 5.67. The van der Waals surface area contributed by atoms with Gasteiger partial charge < -0.3 is 9.84 Å². The van der Waals surface area contributed by atoms with E-state index < -0.39 is 10.9 Å². The number of carboxylic acids is 1. The quantitative estimate of drug-likeness (QED) is 0.685. The minimum Gasteiger partial charge on any atom is -0.478 e. The molecule has 1 heterocycles. The van der Waals surface area contributed by atoms with Crippen LogP contribution in [0.15, 0.2) is 30.5 Å². The van der Waals surface area contributed by atoms with E-state index in [0.29, 0.717) is 11.1 Å². The Morgan fingerprint density at radius 2 is 2.05 bits per heavy atom. The minimum atomic E-state index is -1.04. The van der Waals surface area contributed by atoms with Gasteiger partial charge in [-0.1, -0.05) is 0 Å². The van der Waals surface area contributed by atoms with Gasteiger partial charge in [-0.15, -0.1) is 0 Å². The molecule has 2 aromatic rings. The number of hydrogen-bond donors (Lipinski definition) is 1. The fourth-order valence-corrected chi connectivity index (χ4v) is 1.80. The molecule has 0 unspecified atom stereocenters. The van der Waals surface area contributed by atoms with E-state index in [1.807, 2.05) is 0 Å². The van der Waals surface area contributed by atoms with Gasteiger partial charge in [0.2, 0.25) is 0 Å². The standard InChI is InChI=1S/C14H12N2O5/c1-8-5-12(16(19)20)13(15-7-8)21-10-3-4-11(14(17)18)9(2)6-10/h3-7H,1-2H3,(H,17,18). The van der Waals surface area contributed by atoms with Crippen molar-refractivity contribution in [3.05, 3.63) is 57.3 Å². The second kappa shape index (κ2) is 5.58. The van der Waals surface area contributed by atoms with Crippen molar-refractivity contribution in [2.45, 2.75) is 13.8 Å². The first-order valence-electron chi connectivity index (χ1n) is 6.01. The van der Waals surface area contributed by atoms with Gasteiger partial charge in [-0.05, 0) is 43.2 Å². The van der Waals surface area contributed by atoms with E-state index in [1.165, 1.54) is 30.5 Å². The van der Waals surface area contributed by atoms with Crippen molar-refractivity contribution in [3.63, 3.8) is 0 Å². The van der Waals surface area contributed by atoms with E-state index in [0.717, 1.165) is 0 Å². The van der Waals surface area contributed by atoms with E-state index in [4.69, 9.17) is 9.84 Å². The molecule has 21 heavy (non-hydrogen) atoms. The molecule has 0 atom stereocenters. The van der Waals surface area contributed by atoms with Gasteiger partial charge in [-0.3, -0.25) is 10.1 Å². The largest absolute Gasteiger partial charge is 0.478 e. The molecule has 7 heteroatoms. The third kappa shape index (κ3) is 3.14. The molecule has 7 nitrogen and oxygen atoms in total. The maximum atomic E-state index is 11.0. The highest BCUT2D eigenvalue weighted by Gasteiger charge is 2.18. The molecule has 0 aliphatic heterocycles. The summed E-state index contributed by atoms with van der Waals surface area (Å²) in [5, 5.41) is 19.9. The van der Waals surface area contributed by atoms with E-state index in [-0.39, 0.29) is 22.9 Å². The summed E-state index contributed by atoms with van der Waals surface area (Å²) in [6.45, 7) is 3.31. The maximum Gasteiger partial charge on any atom is 0.335 e. The molecule has 0 saturated carbocycles. The molecule has 2 rings (SSSR count). The van der Waals surface area contributed by atoms with Crippen molar-refractivity contribution in [2.24, 2.45) is 0 Å². The SMILES string of the molecule is Cc1cnc(Oc2ccc(C(=O)O)c(C)c2)c([N+](=O)[O-])c1. The molecule has 0 radical (unpaired) electrons. The number of pyridine rings is 1. The molecule has 0 amide bonds. The number of aromatic nitrogens is 1. The molecular weight excluding hydrogens is 276 g/mol. The predicted molar refractivity (Wildman–Crippen MR) is 73.8 cm³/mol. The van der Waals surface area contributed by atoms with Crippen LogP contribution in [0.2, 0.25) is 0 Å². The Balaban J connectivity index is 2.37. The zero-order valence-electron chi connectivity index (χ0n) is 11.4. The molecule has 0 fully saturated rings. The normalized spacial score (nSPS) is 10.2. The maximum absolute atomic E-state index is 11.0. The number of aromatic carboxylic acids is 1. The first-order chi connectivity index (χ1) is 9.88. The van der Waals surface area contributed by atoms with Gasteiger partial charge in [-0.25, -0.2) is 9.78 Å². The first-order valence-corrected chi connectivity index (χ1v) is 6.01. The molecule has 1 N–H and O–H groups in total. The van der Waals surface area contributed by atoms with Gasteiger partial charge in [0.15, 0.2) is 0 Å². The lowest BCUT2D eigenvalue weighted by Crippen LogP contribution is -2.00. The van der Waals surface area contributed by atoms with E-state index in [1.54, 1.807) is 13.8 Å². The fraction of sp³-hybridized carbons (Fsp3) is 0.143. The van der Waals surface area contributed by atoms with Gasteiger partial charge in [0.1, 0.15) is 5.75 Å². The van der Waals surface area contributed by atoms with Crippen molar-refractivity contribution in [1.29, 1.82) is 0 Å². The van der Waals surface area contributed by atoms with Gasteiger partial charge in [-0.2, -0.15) is 0 Å². The number of hydrogen-bond acceptors (Lipinski definition) is 5. The van der Waals surface area contributed by atoms with Gasteiger partial charge in [0.05, 0.1) is 10.5 Å². The topological polar surface area (TPSA) is 103 Å². The summed E-state index contributed by atoms with van der Waals surface area (Å²) in [5.41, 5.74) is 1.05. The van der Waals surface area contributed by atoms with Gasteiger partial charge in [0, 0.05) is 12.3 Å². The van der Waals surface area contributed by atoms with Crippen molar-refractivity contribution in [1.82, 2.24) is 4.98 Å². The van der Waals surface area contributed by atoms with Crippen LogP contribution in [0, 0.1) is 24.0 Å². The molecule has 0 spiro atoms. The van der Waals surface area contributed by atoms with Crippen LogP contribution < -0.4 is 4.74 Å². The number of benzene rings is 1. The Labute approximate surface area is 120 Å². The zero-order valence-corrected chi connectivity index (χ0v) is 11.4. The molecule has 0 saturated heterocycles. The second-order valence-corrected chi connectivity index (χ2v) is 4.48. The number of nitrogens with zero attached hydrogens (tertiary/aromatic N) is 2. The Morgan fingerprint density at radius 1 is 1.33 bits per heavy atom. The van der Waals surface area contributed by atoms with Crippen LogP contribution in [0.5, 0.6) is 11.6 Å². The first kappa shape index (κ1) is 14.4. The highest BCUT2D eigenvalue weighted by Crippen LogP contribution is 2.30. The van der Waals surface area contributed by atoms with Crippen molar-refractivity contribution < 1.29 is 19.6 Å². The lowest BCUT2D eigenvalue weighted by atomic mass is 10.1. The molecule has 108 valence electrons. The molecule has 0 aliphatic rings. The van der Waals surface area contributed by atoms with Crippen LogP contribution in [0.1, 0.15) is 21.5 Å². The number of nitro groups is 1. The Kier molecular flexibility index (Phi) is 3.84. The number of carboxylic acid groups (broad SMARTS) is 1. The predicted octanol–water partition coefficient (Wildman–Crippen LogP) is 3.10. The van der Waals surface area contributed by atoms with Crippen LogP contribution in [0.3, 0.4) is 0 Å². The summed E-state index contributed by atoms with van der Waals surface area (Å²) in [5.74, 6) is -0.886. The van der Waals surface area contributed by atoms with E-state index in [2.05, 4.69) is 4.98 Å². The van der Waals surface area contributed by atoms with Crippen molar-refractivity contribution >= 4 is 11.7 Å². The van der Waals surface area contributed by atoms with Gasteiger partial charge in [0.25, 0.3) is 5.88 Å². The lowest BCUT2D eigenvalue weighted by Gasteiger charge is -2.08. The summed E-state index contributed by atoms with van der Waals surface area (Å²) in [6.07, 6.45) is 1.46. The van der Waals surface area contributed by atoms with Crippen LogP contribution in [0.25, 0.3) is 0 Å². The highest BCUT2D eigenvalue weighted by molar-refractivity contribution is 5.89. The Hall–Kier alpha value is -2.96. The third-order valence-electron chi connectivity index (χ3n) is 2.81. The average molecular weight is 288 g/mol. The van der Waals surface area contributed by atoms with Crippen molar-refractivity contribution in [3.8, 4) is 11.6 Å². The van der Waals surface area contributed by atoms with Crippen molar-refractivity contribution in [2.75, 3.05) is 0 Å². The molecule has 1 aromatic carbocycles. The lowest BCUT2D eigenvalue weighted by molar-refractivity contribution is -0.386. The summed E-state index contributed by atoms with van der Waals surface area (Å²) in [7, 11) is 0. The smallest absolute Gasteiger partial charge is 0.335 e. The number of aryl methyl sites for hydroxylation is 2. The Bertz CT molecular complexity index is 727. The van der Waals surface area contributed by atoms with E-state index >= 15 is 0 Å². The monoisotopic (exact) mass is 288 g/mol. The zero-order chi connectivity index (χ0) is 15.6. The second-order valence-electron chi connectivity index (χ2n) is 4.48. The molecular formula is C14H12N2O5. The summed E-state index contributed by atoms with van der Waals surface area (Å²) in [4.78, 5) is 25.2. The molecule has 0 bridgehead atoms. The highest BCUT2D eigenvalue weighted by atomic mass is 16.6. The van der Waals surface area contributed by atoms with Crippen LogP contribution in [0.4, 0.5) is 5.69 Å². The molecule has 1 aromatic heterocycles. The average Bonchev–Trinajstić information content (AvgIpc) is 2.40. The number of carbonyl (C=O) groups is 1. The van der Waals surface area contributed by atoms with Crippen LogP contribution >= 0.6 is 0 Å². The summed E-state index contributed by atoms with van der Waals surface area (Å²) < 4.78 is 5.40. The van der Waals surface area contributed by atoms with E-state index in [9.17, 15) is 14.9 Å². The number of ether oxygens (including phenoxy) is 1. The third-order valence-corrected chi connectivity index (χ3v) is 2.81. The number of rotatable bonds is 4. The minimum absolute atomic E-state index is 0.131. The molecule has 0 aliphatic carbocycles. The van der Waals surface area contributed by atoms with Crippen LogP contribution in [-0.2, 0) is 0 Å². The summed E-state index contributed by atoms with van der Waals surface area (Å²) >= 11 is 0. The van der Waals surface area contributed by atoms with Crippen LogP contribution in [-0.4, -0.2) is 21.0 Å².